The summed E-state index contributed by atoms with van der Waals surface area (Å²) in [5, 5.41) is 2.93. The Bertz CT molecular complexity index is 459. The van der Waals surface area contributed by atoms with Crippen LogP contribution >= 0.6 is 0 Å². The molecule has 0 radical (unpaired) electrons. The average Bonchev–Trinajstić information content (AvgIpc) is 2.12. The monoisotopic (exact) mass is 231 g/mol. The summed E-state index contributed by atoms with van der Waals surface area (Å²) in [4.78, 5) is 3.35. The van der Waals surface area contributed by atoms with E-state index >= 15 is 0 Å². The zero-order valence-corrected chi connectivity index (χ0v) is 8.59. The zero-order valence-electron chi connectivity index (χ0n) is 7.77. The number of hydrogen-bond donors (Lipinski definition) is 2. The molecule has 15 heavy (non-hydrogen) atoms. The highest BCUT2D eigenvalue weighted by atomic mass is 32.2. The normalized spacial score (nSPS) is 17.4. The predicted octanol–water partition coefficient (Wildman–Crippen LogP) is -0.529. The fourth-order valence-corrected chi connectivity index (χ4v) is 2.41. The summed E-state index contributed by atoms with van der Waals surface area (Å²) in [6, 6.07) is 0.833. The van der Waals surface area contributed by atoms with Crippen molar-refractivity contribution >= 4 is 10.0 Å². The van der Waals surface area contributed by atoms with Crippen LogP contribution in [0, 0.1) is 5.82 Å². The number of aromatic nitrogens is 1. The van der Waals surface area contributed by atoms with Gasteiger partial charge in [-0.15, -0.1) is 0 Å². The summed E-state index contributed by atoms with van der Waals surface area (Å²) < 4.78 is 38.5. The summed E-state index contributed by atoms with van der Waals surface area (Å²) in [5.41, 5.74) is 0. The van der Waals surface area contributed by atoms with Crippen molar-refractivity contribution in [3.05, 3.63) is 24.3 Å². The Kier molecular flexibility index (Phi) is 2.68. The Balaban J connectivity index is 2.20. The van der Waals surface area contributed by atoms with Crippen molar-refractivity contribution in [1.82, 2.24) is 15.0 Å². The summed E-state index contributed by atoms with van der Waals surface area (Å²) >= 11 is 0. The molecule has 2 heterocycles. The van der Waals surface area contributed by atoms with Gasteiger partial charge in [0.05, 0.1) is 6.20 Å². The first-order valence-corrected chi connectivity index (χ1v) is 5.90. The molecule has 1 aromatic rings. The lowest BCUT2D eigenvalue weighted by Gasteiger charge is -2.27. The maximum Gasteiger partial charge on any atom is 0.242 e. The number of halogens is 1. The van der Waals surface area contributed by atoms with E-state index in [2.05, 4.69) is 15.0 Å². The van der Waals surface area contributed by atoms with Crippen molar-refractivity contribution in [2.45, 2.75) is 10.9 Å². The average molecular weight is 231 g/mol. The number of pyridine rings is 1. The second-order valence-electron chi connectivity index (χ2n) is 3.32. The van der Waals surface area contributed by atoms with Crippen molar-refractivity contribution in [2.24, 2.45) is 0 Å². The van der Waals surface area contributed by atoms with Crippen LogP contribution < -0.4 is 10.0 Å². The number of rotatable bonds is 3. The Labute approximate surface area is 86.8 Å². The molecule has 0 atom stereocenters. The van der Waals surface area contributed by atoms with Crippen LogP contribution in [-0.2, 0) is 10.0 Å². The molecule has 1 saturated heterocycles. The SMILES string of the molecule is O=S(=O)(NC1CNC1)c1cncc(F)c1. The van der Waals surface area contributed by atoms with E-state index in [0.717, 1.165) is 18.5 Å². The molecule has 5 nitrogen and oxygen atoms in total. The number of nitrogens with zero attached hydrogens (tertiary/aromatic N) is 1. The first-order chi connectivity index (χ1) is 7.08. The number of hydrogen-bond acceptors (Lipinski definition) is 4. The minimum absolute atomic E-state index is 0.113. The molecule has 1 fully saturated rings. The summed E-state index contributed by atoms with van der Waals surface area (Å²) in [6.45, 7) is 1.20. The van der Waals surface area contributed by atoms with Gasteiger partial charge in [0.25, 0.3) is 0 Å². The molecular weight excluding hydrogens is 221 g/mol. The van der Waals surface area contributed by atoms with Crippen molar-refractivity contribution in [3.63, 3.8) is 0 Å². The van der Waals surface area contributed by atoms with E-state index in [1.54, 1.807) is 0 Å². The van der Waals surface area contributed by atoms with Gasteiger partial charge in [-0.2, -0.15) is 0 Å². The molecule has 2 N–H and O–H groups in total. The summed E-state index contributed by atoms with van der Waals surface area (Å²) in [7, 11) is -3.64. The minimum atomic E-state index is -3.64. The standard InChI is InChI=1S/C8H10FN3O2S/c9-6-1-8(5-10-2-6)15(13,14)12-7-3-11-4-7/h1-2,5,7,11-12H,3-4H2. The van der Waals surface area contributed by atoms with Crippen LogP contribution in [0.2, 0.25) is 0 Å². The second kappa shape index (κ2) is 3.84. The fraction of sp³-hybridized carbons (Fsp3) is 0.375. The zero-order chi connectivity index (χ0) is 10.9. The Morgan fingerprint density at radius 1 is 1.47 bits per heavy atom. The van der Waals surface area contributed by atoms with E-state index in [4.69, 9.17) is 0 Å². The third kappa shape index (κ3) is 2.31. The van der Waals surface area contributed by atoms with Gasteiger partial charge in [0.2, 0.25) is 10.0 Å². The molecule has 1 aliphatic rings. The van der Waals surface area contributed by atoms with Gasteiger partial charge in [-0.25, -0.2) is 17.5 Å². The maximum atomic E-state index is 12.8. The lowest BCUT2D eigenvalue weighted by atomic mass is 10.2. The second-order valence-corrected chi connectivity index (χ2v) is 5.03. The molecule has 0 aliphatic carbocycles. The van der Waals surface area contributed by atoms with E-state index in [0.29, 0.717) is 13.1 Å². The van der Waals surface area contributed by atoms with Gasteiger partial charge in [-0.05, 0) is 6.07 Å². The van der Waals surface area contributed by atoms with E-state index in [1.165, 1.54) is 0 Å². The highest BCUT2D eigenvalue weighted by Crippen LogP contribution is 2.09. The van der Waals surface area contributed by atoms with Crippen LogP contribution in [0.4, 0.5) is 4.39 Å². The third-order valence-electron chi connectivity index (χ3n) is 2.09. The summed E-state index contributed by atoms with van der Waals surface area (Å²) in [5.74, 6) is -0.662. The van der Waals surface area contributed by atoms with Crippen molar-refractivity contribution in [1.29, 1.82) is 0 Å². The summed E-state index contributed by atoms with van der Waals surface area (Å²) in [6.07, 6.45) is 2.08. The number of nitrogens with one attached hydrogen (secondary N) is 2. The minimum Gasteiger partial charge on any atom is -0.313 e. The molecule has 0 spiro atoms. The van der Waals surface area contributed by atoms with Crippen LogP contribution in [0.3, 0.4) is 0 Å². The molecule has 0 unspecified atom stereocenters. The van der Waals surface area contributed by atoms with Crippen LogP contribution in [0.1, 0.15) is 0 Å². The van der Waals surface area contributed by atoms with Crippen molar-refractivity contribution in [2.75, 3.05) is 13.1 Å². The fourth-order valence-electron chi connectivity index (χ4n) is 1.20. The molecule has 2 rings (SSSR count). The molecule has 7 heteroatoms. The van der Waals surface area contributed by atoms with Gasteiger partial charge < -0.3 is 5.32 Å². The van der Waals surface area contributed by atoms with E-state index < -0.39 is 15.8 Å². The predicted molar refractivity (Wildman–Crippen MR) is 51.2 cm³/mol. The molecule has 1 aliphatic heterocycles. The number of sulfonamides is 1. The molecule has 0 saturated carbocycles. The molecule has 0 bridgehead atoms. The molecule has 0 amide bonds. The van der Waals surface area contributed by atoms with Gasteiger partial charge in [0.15, 0.2) is 0 Å². The quantitative estimate of drug-likeness (QED) is 0.733. The van der Waals surface area contributed by atoms with Gasteiger partial charge >= 0.3 is 0 Å². The van der Waals surface area contributed by atoms with Crippen LogP contribution in [0.15, 0.2) is 23.4 Å². The van der Waals surface area contributed by atoms with Crippen LogP contribution in [0.25, 0.3) is 0 Å². The van der Waals surface area contributed by atoms with Gasteiger partial charge in [-0.3, -0.25) is 4.98 Å². The maximum absolute atomic E-state index is 12.8. The lowest BCUT2D eigenvalue weighted by molar-refractivity contribution is 0.410. The Morgan fingerprint density at radius 3 is 2.73 bits per heavy atom. The van der Waals surface area contributed by atoms with Crippen LogP contribution in [0.5, 0.6) is 0 Å². The topological polar surface area (TPSA) is 71.1 Å². The molecule has 0 aromatic carbocycles. The highest BCUT2D eigenvalue weighted by molar-refractivity contribution is 7.89. The van der Waals surface area contributed by atoms with Crippen LogP contribution in [-0.4, -0.2) is 32.5 Å². The molecule has 1 aromatic heterocycles. The van der Waals surface area contributed by atoms with E-state index in [1.807, 2.05) is 0 Å². The van der Waals surface area contributed by atoms with Crippen molar-refractivity contribution in [3.8, 4) is 0 Å². The third-order valence-corrected chi connectivity index (χ3v) is 3.58. The largest absolute Gasteiger partial charge is 0.313 e. The first kappa shape index (κ1) is 10.5. The molecule has 82 valence electrons. The Hall–Kier alpha value is -1.05. The van der Waals surface area contributed by atoms with Crippen molar-refractivity contribution < 1.29 is 12.8 Å². The first-order valence-electron chi connectivity index (χ1n) is 4.41. The smallest absolute Gasteiger partial charge is 0.242 e. The highest BCUT2D eigenvalue weighted by Gasteiger charge is 2.24. The van der Waals surface area contributed by atoms with Gasteiger partial charge in [0.1, 0.15) is 10.7 Å². The lowest BCUT2D eigenvalue weighted by Crippen LogP contribution is -2.56. The van der Waals surface area contributed by atoms with Gasteiger partial charge in [-0.1, -0.05) is 0 Å². The van der Waals surface area contributed by atoms with E-state index in [9.17, 15) is 12.8 Å². The van der Waals surface area contributed by atoms with Gasteiger partial charge in [0, 0.05) is 25.3 Å². The molecular formula is C8H10FN3O2S. The Morgan fingerprint density at radius 2 is 2.20 bits per heavy atom. The van der Waals surface area contributed by atoms with E-state index in [-0.39, 0.29) is 10.9 Å².